The van der Waals surface area contributed by atoms with Crippen molar-refractivity contribution in [2.24, 2.45) is 11.7 Å². The number of carbonyl (C=O) groups is 1. The topological polar surface area (TPSA) is 97.3 Å². The maximum absolute atomic E-state index is 12.2. The molecule has 7 heteroatoms. The summed E-state index contributed by atoms with van der Waals surface area (Å²) in [4.78, 5) is 18.6. The summed E-state index contributed by atoms with van der Waals surface area (Å²) in [6.07, 6.45) is 0.972. The number of nitrogens with one attached hydrogen (secondary N) is 1. The van der Waals surface area contributed by atoms with Gasteiger partial charge in [0.25, 0.3) is 5.91 Å². The molecule has 1 aromatic rings. The SMILES string of the molecule is CNc1nc(N)c(C(=O)N2CCC(CN)C2)s1. The average Bonchev–Trinajstić information content (AvgIpc) is 2.94. The van der Waals surface area contributed by atoms with Crippen LogP contribution in [0.5, 0.6) is 0 Å². The van der Waals surface area contributed by atoms with Crippen LogP contribution in [0.15, 0.2) is 0 Å². The zero-order valence-electron chi connectivity index (χ0n) is 9.77. The summed E-state index contributed by atoms with van der Waals surface area (Å²) in [7, 11) is 1.76. The molecule has 6 nitrogen and oxygen atoms in total. The van der Waals surface area contributed by atoms with Crippen molar-refractivity contribution < 1.29 is 4.79 Å². The maximum Gasteiger partial charge on any atom is 0.267 e. The molecule has 1 aliphatic rings. The minimum atomic E-state index is -0.0301. The number of nitrogen functional groups attached to an aromatic ring is 1. The molecule has 0 aromatic carbocycles. The normalized spacial score (nSPS) is 19.6. The molecule has 2 rings (SSSR count). The minimum absolute atomic E-state index is 0.0301. The van der Waals surface area contributed by atoms with Gasteiger partial charge in [-0.1, -0.05) is 11.3 Å². The standard InChI is InChI=1S/C10H17N5OS/c1-13-10-14-8(12)7(17-10)9(16)15-3-2-6(4-11)5-15/h6H,2-5,11-12H2,1H3,(H,13,14). The van der Waals surface area contributed by atoms with E-state index in [1.165, 1.54) is 11.3 Å². The third-order valence-electron chi connectivity index (χ3n) is 2.97. The number of hydrogen-bond acceptors (Lipinski definition) is 6. The summed E-state index contributed by atoms with van der Waals surface area (Å²) in [5.41, 5.74) is 11.3. The van der Waals surface area contributed by atoms with Crippen molar-refractivity contribution >= 4 is 28.2 Å². The first-order valence-corrected chi connectivity index (χ1v) is 6.40. The van der Waals surface area contributed by atoms with Gasteiger partial charge in [-0.05, 0) is 18.9 Å². The molecule has 1 saturated heterocycles. The van der Waals surface area contributed by atoms with Crippen molar-refractivity contribution in [3.05, 3.63) is 4.88 Å². The Morgan fingerprint density at radius 2 is 2.47 bits per heavy atom. The van der Waals surface area contributed by atoms with Crippen LogP contribution in [0.3, 0.4) is 0 Å². The Labute approximate surface area is 104 Å². The summed E-state index contributed by atoms with van der Waals surface area (Å²) in [6, 6.07) is 0. The van der Waals surface area contributed by atoms with Gasteiger partial charge in [0.2, 0.25) is 0 Å². The molecule has 1 atom stereocenters. The van der Waals surface area contributed by atoms with Gasteiger partial charge in [0.1, 0.15) is 10.7 Å². The molecule has 5 N–H and O–H groups in total. The molecule has 17 heavy (non-hydrogen) atoms. The highest BCUT2D eigenvalue weighted by Crippen LogP contribution is 2.27. The van der Waals surface area contributed by atoms with E-state index in [1.54, 1.807) is 11.9 Å². The maximum atomic E-state index is 12.2. The molecule has 1 amide bonds. The largest absolute Gasteiger partial charge is 0.382 e. The number of carbonyl (C=O) groups excluding carboxylic acids is 1. The molecule has 1 fully saturated rings. The van der Waals surface area contributed by atoms with Crippen molar-refractivity contribution in [2.75, 3.05) is 37.7 Å². The number of anilines is 2. The molecule has 1 aliphatic heterocycles. The van der Waals surface area contributed by atoms with Gasteiger partial charge in [0, 0.05) is 20.1 Å². The van der Waals surface area contributed by atoms with E-state index in [2.05, 4.69) is 10.3 Å². The van der Waals surface area contributed by atoms with Gasteiger partial charge < -0.3 is 21.7 Å². The van der Waals surface area contributed by atoms with Crippen LogP contribution in [0.4, 0.5) is 10.9 Å². The number of nitrogens with zero attached hydrogens (tertiary/aromatic N) is 2. The Balaban J connectivity index is 2.11. The molecule has 94 valence electrons. The van der Waals surface area contributed by atoms with E-state index < -0.39 is 0 Å². The molecule has 1 aromatic heterocycles. The molecular formula is C10H17N5OS. The number of likely N-dealkylation sites (tertiary alicyclic amines) is 1. The highest BCUT2D eigenvalue weighted by atomic mass is 32.1. The lowest BCUT2D eigenvalue weighted by Crippen LogP contribution is -2.29. The van der Waals surface area contributed by atoms with Gasteiger partial charge in [0.05, 0.1) is 0 Å². The molecular weight excluding hydrogens is 238 g/mol. The monoisotopic (exact) mass is 255 g/mol. The van der Waals surface area contributed by atoms with Gasteiger partial charge in [-0.2, -0.15) is 0 Å². The summed E-state index contributed by atoms with van der Waals surface area (Å²) < 4.78 is 0. The second kappa shape index (κ2) is 4.89. The van der Waals surface area contributed by atoms with Gasteiger partial charge in [-0.15, -0.1) is 0 Å². The highest BCUT2D eigenvalue weighted by Gasteiger charge is 2.28. The first-order chi connectivity index (χ1) is 8.15. The average molecular weight is 255 g/mol. The molecule has 0 saturated carbocycles. The van der Waals surface area contributed by atoms with Crippen molar-refractivity contribution in [2.45, 2.75) is 6.42 Å². The summed E-state index contributed by atoms with van der Waals surface area (Å²) in [5, 5.41) is 3.56. The minimum Gasteiger partial charge on any atom is -0.382 e. The Hall–Kier alpha value is -1.34. The zero-order chi connectivity index (χ0) is 12.4. The van der Waals surface area contributed by atoms with Crippen LogP contribution in [0, 0.1) is 5.92 Å². The lowest BCUT2D eigenvalue weighted by molar-refractivity contribution is 0.0793. The molecule has 0 bridgehead atoms. The van der Waals surface area contributed by atoms with Gasteiger partial charge in [-0.25, -0.2) is 4.98 Å². The third-order valence-corrected chi connectivity index (χ3v) is 4.04. The van der Waals surface area contributed by atoms with Crippen molar-refractivity contribution in [3.8, 4) is 0 Å². The zero-order valence-corrected chi connectivity index (χ0v) is 10.6. The van der Waals surface area contributed by atoms with Crippen molar-refractivity contribution in [3.63, 3.8) is 0 Å². The number of rotatable bonds is 3. The molecule has 0 aliphatic carbocycles. The van der Waals surface area contributed by atoms with Gasteiger partial charge in [0.15, 0.2) is 5.13 Å². The Morgan fingerprint density at radius 3 is 3.00 bits per heavy atom. The van der Waals surface area contributed by atoms with E-state index in [-0.39, 0.29) is 5.91 Å². The second-order valence-corrected chi connectivity index (χ2v) is 5.12. The van der Waals surface area contributed by atoms with Crippen LogP contribution in [0.1, 0.15) is 16.1 Å². The molecule has 2 heterocycles. The highest BCUT2D eigenvalue weighted by molar-refractivity contribution is 7.18. The summed E-state index contributed by atoms with van der Waals surface area (Å²) in [5.74, 6) is 0.690. The Morgan fingerprint density at radius 1 is 1.71 bits per heavy atom. The molecule has 0 radical (unpaired) electrons. The third kappa shape index (κ3) is 2.34. The number of hydrogen-bond donors (Lipinski definition) is 3. The quantitative estimate of drug-likeness (QED) is 0.716. The van der Waals surface area contributed by atoms with Crippen LogP contribution < -0.4 is 16.8 Å². The van der Waals surface area contributed by atoms with Crippen molar-refractivity contribution in [1.82, 2.24) is 9.88 Å². The van der Waals surface area contributed by atoms with Crippen LogP contribution >= 0.6 is 11.3 Å². The molecule has 0 spiro atoms. The number of amides is 1. The lowest BCUT2D eigenvalue weighted by atomic mass is 10.1. The van der Waals surface area contributed by atoms with Crippen LogP contribution in [-0.4, -0.2) is 42.5 Å². The van der Waals surface area contributed by atoms with Crippen LogP contribution in [-0.2, 0) is 0 Å². The Bertz CT molecular complexity index is 419. The number of aromatic nitrogens is 1. The fraction of sp³-hybridized carbons (Fsp3) is 0.600. The van der Waals surface area contributed by atoms with E-state index in [0.717, 1.165) is 19.5 Å². The van der Waals surface area contributed by atoms with E-state index in [0.29, 0.717) is 28.3 Å². The lowest BCUT2D eigenvalue weighted by Gasteiger charge is -2.15. The first kappa shape index (κ1) is 12.1. The fourth-order valence-electron chi connectivity index (χ4n) is 1.95. The van der Waals surface area contributed by atoms with Crippen LogP contribution in [0.2, 0.25) is 0 Å². The van der Waals surface area contributed by atoms with Gasteiger partial charge in [-0.3, -0.25) is 4.79 Å². The van der Waals surface area contributed by atoms with E-state index >= 15 is 0 Å². The van der Waals surface area contributed by atoms with Gasteiger partial charge >= 0.3 is 0 Å². The predicted octanol–water partition coefficient (Wildman–Crippen LogP) is 0.188. The number of thiazole rings is 1. The smallest absolute Gasteiger partial charge is 0.267 e. The summed E-state index contributed by atoms with van der Waals surface area (Å²) >= 11 is 1.29. The van der Waals surface area contributed by atoms with E-state index in [9.17, 15) is 4.79 Å². The first-order valence-electron chi connectivity index (χ1n) is 5.59. The van der Waals surface area contributed by atoms with Crippen LogP contribution in [0.25, 0.3) is 0 Å². The molecule has 1 unspecified atom stereocenters. The second-order valence-electron chi connectivity index (χ2n) is 4.12. The predicted molar refractivity (Wildman–Crippen MR) is 69.1 cm³/mol. The Kier molecular flexibility index (Phi) is 3.49. The van der Waals surface area contributed by atoms with Crippen molar-refractivity contribution in [1.29, 1.82) is 0 Å². The van der Waals surface area contributed by atoms with E-state index in [4.69, 9.17) is 11.5 Å². The number of nitrogens with two attached hydrogens (primary N) is 2. The summed E-state index contributed by atoms with van der Waals surface area (Å²) in [6.45, 7) is 2.11. The van der Waals surface area contributed by atoms with E-state index in [1.807, 2.05) is 0 Å². The fourth-order valence-corrected chi connectivity index (χ4v) is 2.75.